The molecule has 1 aromatic heterocycles. The van der Waals surface area contributed by atoms with Crippen molar-refractivity contribution < 1.29 is 4.79 Å². The number of carbonyl (C=O) groups is 1. The van der Waals surface area contributed by atoms with Gasteiger partial charge in [0.1, 0.15) is 5.15 Å². The third-order valence-electron chi connectivity index (χ3n) is 0.967. The molecule has 0 N–H and O–H groups in total. The summed E-state index contributed by atoms with van der Waals surface area (Å²) in [6.45, 7) is 0. The molecule has 1 rings (SSSR count). The van der Waals surface area contributed by atoms with E-state index in [-0.39, 0.29) is 0 Å². The lowest BCUT2D eigenvalue weighted by Gasteiger charge is -1.98. The van der Waals surface area contributed by atoms with Crippen LogP contribution in [0.1, 0.15) is 5.50 Å². The minimum atomic E-state index is -0.708. The van der Waals surface area contributed by atoms with E-state index < -0.39 is 5.50 Å². The van der Waals surface area contributed by atoms with Crippen molar-refractivity contribution in [1.82, 2.24) is 9.55 Å². The van der Waals surface area contributed by atoms with Crippen molar-refractivity contribution in [1.29, 1.82) is 0 Å². The summed E-state index contributed by atoms with van der Waals surface area (Å²) < 4.78 is 1.41. The summed E-state index contributed by atoms with van der Waals surface area (Å²) in [4.78, 5) is 13.8. The van der Waals surface area contributed by atoms with Crippen molar-refractivity contribution in [2.75, 3.05) is 0 Å². The second kappa shape index (κ2) is 3.03. The van der Waals surface area contributed by atoms with Crippen LogP contribution < -0.4 is 0 Å². The van der Waals surface area contributed by atoms with Crippen LogP contribution >= 0.6 is 23.2 Å². The molecule has 5 heteroatoms. The first kappa shape index (κ1) is 7.57. The molecule has 3 nitrogen and oxygen atoms in total. The van der Waals surface area contributed by atoms with Crippen LogP contribution in [0.2, 0.25) is 5.15 Å². The highest BCUT2D eigenvalue weighted by Gasteiger charge is 2.03. The molecule has 0 aliphatic heterocycles. The standard InChI is InChI=1S/C5H4Cl2N2O/c6-4-1-9(3-8-4)5(7)2-10/h1-3,5H. The number of carbonyl (C=O) groups excluding carboxylic acids is 1. The number of imidazole rings is 1. The number of alkyl halides is 1. The van der Waals surface area contributed by atoms with Crippen molar-refractivity contribution in [2.45, 2.75) is 5.50 Å². The van der Waals surface area contributed by atoms with Gasteiger partial charge in [-0.05, 0) is 0 Å². The largest absolute Gasteiger partial charge is 0.312 e. The monoisotopic (exact) mass is 178 g/mol. The molecule has 1 aromatic rings. The Kier molecular flexibility index (Phi) is 2.29. The molecule has 0 aromatic carbocycles. The highest BCUT2D eigenvalue weighted by atomic mass is 35.5. The molecule has 0 saturated heterocycles. The van der Waals surface area contributed by atoms with E-state index in [4.69, 9.17) is 23.2 Å². The highest BCUT2D eigenvalue weighted by Crippen LogP contribution is 2.11. The summed E-state index contributed by atoms with van der Waals surface area (Å²) in [6.07, 6.45) is 3.47. The topological polar surface area (TPSA) is 34.9 Å². The van der Waals surface area contributed by atoms with Crippen LogP contribution in [-0.2, 0) is 4.79 Å². The molecule has 0 fully saturated rings. The van der Waals surface area contributed by atoms with Crippen LogP contribution in [-0.4, -0.2) is 15.8 Å². The summed E-state index contributed by atoms with van der Waals surface area (Å²) in [5.41, 5.74) is -0.708. The first-order valence-corrected chi connectivity index (χ1v) is 3.34. The van der Waals surface area contributed by atoms with Crippen LogP contribution in [0.25, 0.3) is 0 Å². The molecular formula is C5H4Cl2N2O. The number of hydrogen-bond acceptors (Lipinski definition) is 2. The second-order valence-electron chi connectivity index (χ2n) is 1.65. The van der Waals surface area contributed by atoms with Gasteiger partial charge < -0.3 is 4.57 Å². The van der Waals surface area contributed by atoms with Gasteiger partial charge in [-0.1, -0.05) is 23.2 Å². The number of hydrogen-bond donors (Lipinski definition) is 0. The van der Waals surface area contributed by atoms with Gasteiger partial charge in [-0.3, -0.25) is 4.79 Å². The second-order valence-corrected chi connectivity index (χ2v) is 2.49. The van der Waals surface area contributed by atoms with E-state index in [1.165, 1.54) is 17.1 Å². The van der Waals surface area contributed by atoms with Crippen LogP contribution in [0.4, 0.5) is 0 Å². The van der Waals surface area contributed by atoms with Crippen molar-refractivity contribution in [3.05, 3.63) is 17.7 Å². The minimum Gasteiger partial charge on any atom is -0.312 e. The highest BCUT2D eigenvalue weighted by molar-refractivity contribution is 6.29. The van der Waals surface area contributed by atoms with Gasteiger partial charge >= 0.3 is 0 Å². The Bertz CT molecular complexity index is 235. The van der Waals surface area contributed by atoms with Crippen molar-refractivity contribution in [2.24, 2.45) is 0 Å². The Morgan fingerprint density at radius 3 is 2.90 bits per heavy atom. The first-order chi connectivity index (χ1) is 4.74. The normalized spacial score (nSPS) is 13.0. The van der Waals surface area contributed by atoms with Gasteiger partial charge in [0, 0.05) is 6.20 Å². The van der Waals surface area contributed by atoms with Crippen LogP contribution in [0.15, 0.2) is 12.5 Å². The molecule has 10 heavy (non-hydrogen) atoms. The van der Waals surface area contributed by atoms with E-state index >= 15 is 0 Å². The predicted octanol–water partition coefficient (Wildman–Crippen LogP) is 1.47. The SMILES string of the molecule is O=CC(Cl)n1cnc(Cl)c1. The zero-order chi connectivity index (χ0) is 7.56. The molecule has 0 aliphatic carbocycles. The first-order valence-electron chi connectivity index (χ1n) is 2.52. The molecule has 1 unspecified atom stereocenters. The lowest BCUT2D eigenvalue weighted by Crippen LogP contribution is -1.99. The van der Waals surface area contributed by atoms with Crippen molar-refractivity contribution in [3.63, 3.8) is 0 Å². The number of rotatable bonds is 2. The average molecular weight is 179 g/mol. The zero-order valence-corrected chi connectivity index (χ0v) is 6.38. The van der Waals surface area contributed by atoms with Gasteiger partial charge in [0.15, 0.2) is 11.8 Å². The molecule has 0 saturated carbocycles. The molecule has 0 aliphatic rings. The Morgan fingerprint density at radius 1 is 1.80 bits per heavy atom. The molecule has 0 amide bonds. The maximum Gasteiger partial charge on any atom is 0.164 e. The predicted molar refractivity (Wildman–Crippen MR) is 38.2 cm³/mol. The third-order valence-corrected chi connectivity index (χ3v) is 1.49. The summed E-state index contributed by atoms with van der Waals surface area (Å²) in [6, 6.07) is 0. The van der Waals surface area contributed by atoms with Gasteiger partial charge in [0.2, 0.25) is 0 Å². The van der Waals surface area contributed by atoms with Crippen molar-refractivity contribution in [3.8, 4) is 0 Å². The number of halogens is 2. The Labute approximate surface area is 67.6 Å². The van der Waals surface area contributed by atoms with Crippen LogP contribution in [0.3, 0.4) is 0 Å². The molecule has 1 atom stereocenters. The lowest BCUT2D eigenvalue weighted by atomic mass is 10.7. The summed E-state index contributed by atoms with van der Waals surface area (Å²) >= 11 is 11.0. The molecule has 54 valence electrons. The van der Waals surface area contributed by atoms with Crippen LogP contribution in [0, 0.1) is 0 Å². The van der Waals surface area contributed by atoms with Crippen LogP contribution in [0.5, 0.6) is 0 Å². The van der Waals surface area contributed by atoms with E-state index in [1.54, 1.807) is 0 Å². The van der Waals surface area contributed by atoms with Gasteiger partial charge in [-0.25, -0.2) is 4.98 Å². The maximum atomic E-state index is 10.1. The molecule has 0 spiro atoms. The quantitative estimate of drug-likeness (QED) is 0.508. The summed E-state index contributed by atoms with van der Waals surface area (Å²) in [5, 5.41) is 0.326. The molecule has 0 radical (unpaired) electrons. The van der Waals surface area contributed by atoms with E-state index in [1.807, 2.05) is 0 Å². The number of aldehydes is 1. The maximum absolute atomic E-state index is 10.1. The third kappa shape index (κ3) is 1.49. The van der Waals surface area contributed by atoms with Gasteiger partial charge in [-0.15, -0.1) is 0 Å². The Balaban J connectivity index is 2.84. The minimum absolute atomic E-state index is 0.326. The van der Waals surface area contributed by atoms with E-state index in [0.717, 1.165) is 0 Å². The Hall–Kier alpha value is -0.540. The van der Waals surface area contributed by atoms with Gasteiger partial charge in [-0.2, -0.15) is 0 Å². The molecule has 1 heterocycles. The van der Waals surface area contributed by atoms with E-state index in [2.05, 4.69) is 4.98 Å². The van der Waals surface area contributed by atoms with E-state index in [0.29, 0.717) is 11.4 Å². The number of aromatic nitrogens is 2. The number of nitrogens with zero attached hydrogens (tertiary/aromatic N) is 2. The average Bonchev–Trinajstić information content (AvgIpc) is 2.34. The lowest BCUT2D eigenvalue weighted by molar-refractivity contribution is -0.108. The van der Waals surface area contributed by atoms with Gasteiger partial charge in [0.25, 0.3) is 0 Å². The van der Waals surface area contributed by atoms with Crippen molar-refractivity contribution >= 4 is 29.5 Å². The zero-order valence-electron chi connectivity index (χ0n) is 4.87. The Morgan fingerprint density at radius 2 is 2.50 bits per heavy atom. The van der Waals surface area contributed by atoms with Gasteiger partial charge in [0.05, 0.1) is 6.33 Å². The molecular weight excluding hydrogens is 175 g/mol. The summed E-state index contributed by atoms with van der Waals surface area (Å²) in [5.74, 6) is 0. The fourth-order valence-electron chi connectivity index (χ4n) is 0.517. The smallest absolute Gasteiger partial charge is 0.164 e. The summed E-state index contributed by atoms with van der Waals surface area (Å²) in [7, 11) is 0. The molecule has 0 bridgehead atoms. The van der Waals surface area contributed by atoms with E-state index in [9.17, 15) is 4.79 Å². The fourth-order valence-corrected chi connectivity index (χ4v) is 0.780. The fraction of sp³-hybridized carbons (Fsp3) is 0.200.